The number of hydrogen-bond donors (Lipinski definition) is 2. The van der Waals surface area contributed by atoms with Gasteiger partial charge in [0.15, 0.2) is 0 Å². The Bertz CT molecular complexity index is 470. The van der Waals surface area contributed by atoms with Crippen LogP contribution in [0.2, 0.25) is 0 Å². The molecule has 1 atom stereocenters. The minimum absolute atomic E-state index is 0.0353. The number of nitrogens with one attached hydrogen (secondary N) is 1. The van der Waals surface area contributed by atoms with Crippen LogP contribution in [0.15, 0.2) is 0 Å². The summed E-state index contributed by atoms with van der Waals surface area (Å²) in [6.07, 6.45) is 4.47. The maximum atomic E-state index is 12.7. The van der Waals surface area contributed by atoms with E-state index in [1.165, 1.54) is 0 Å². The predicted molar refractivity (Wildman–Crippen MR) is 69.8 cm³/mol. The van der Waals surface area contributed by atoms with Gasteiger partial charge in [0.2, 0.25) is 11.8 Å². The molecule has 110 valence electrons. The monoisotopic (exact) mass is 280 g/mol. The van der Waals surface area contributed by atoms with Crippen molar-refractivity contribution in [2.45, 2.75) is 50.5 Å². The molecule has 6 heteroatoms. The molecule has 1 spiro atoms. The zero-order valence-corrected chi connectivity index (χ0v) is 11.5. The lowest BCUT2D eigenvalue weighted by molar-refractivity contribution is -0.160. The first kappa shape index (κ1) is 13.4. The van der Waals surface area contributed by atoms with Crippen LogP contribution in [0.1, 0.15) is 44.9 Å². The molecule has 0 aromatic carbocycles. The largest absolute Gasteiger partial charge is 0.480 e. The van der Waals surface area contributed by atoms with Gasteiger partial charge in [0.1, 0.15) is 5.41 Å². The third-order valence-electron chi connectivity index (χ3n) is 5.15. The zero-order valence-electron chi connectivity index (χ0n) is 11.5. The summed E-state index contributed by atoms with van der Waals surface area (Å²) < 4.78 is 0. The van der Waals surface area contributed by atoms with E-state index in [1.807, 2.05) is 0 Å². The molecule has 0 aromatic heterocycles. The standard InChI is InChI=1S/C14H20N2O4/c17-10-3-6-13(15-10)7-8-16(9-13)11(18)14(12(19)20)4-1-2-5-14/h1-9H2,(H,15,17)(H,19,20). The highest BCUT2D eigenvalue weighted by Gasteiger charge is 2.53. The van der Waals surface area contributed by atoms with Crippen molar-refractivity contribution in [1.29, 1.82) is 0 Å². The average Bonchev–Trinajstić information content (AvgIpc) is 3.11. The lowest BCUT2D eigenvalue weighted by Crippen LogP contribution is -2.50. The van der Waals surface area contributed by atoms with Crippen LogP contribution in [0.25, 0.3) is 0 Å². The van der Waals surface area contributed by atoms with E-state index in [1.54, 1.807) is 4.90 Å². The molecular weight excluding hydrogens is 260 g/mol. The number of carbonyl (C=O) groups is 3. The van der Waals surface area contributed by atoms with Gasteiger partial charge in [0.05, 0.1) is 5.54 Å². The molecule has 0 radical (unpaired) electrons. The van der Waals surface area contributed by atoms with Gasteiger partial charge in [-0.2, -0.15) is 0 Å². The molecule has 2 saturated heterocycles. The first-order valence-corrected chi connectivity index (χ1v) is 7.31. The molecule has 1 aliphatic carbocycles. The first-order valence-electron chi connectivity index (χ1n) is 7.31. The summed E-state index contributed by atoms with van der Waals surface area (Å²) >= 11 is 0. The van der Waals surface area contributed by atoms with E-state index in [9.17, 15) is 19.5 Å². The molecule has 2 N–H and O–H groups in total. The van der Waals surface area contributed by atoms with E-state index in [-0.39, 0.29) is 17.4 Å². The van der Waals surface area contributed by atoms with Gasteiger partial charge < -0.3 is 15.3 Å². The molecule has 6 nitrogen and oxygen atoms in total. The van der Waals surface area contributed by atoms with Gasteiger partial charge in [0, 0.05) is 19.5 Å². The normalized spacial score (nSPS) is 31.8. The van der Waals surface area contributed by atoms with Gasteiger partial charge >= 0.3 is 5.97 Å². The third-order valence-corrected chi connectivity index (χ3v) is 5.15. The topological polar surface area (TPSA) is 86.7 Å². The number of likely N-dealkylation sites (tertiary alicyclic amines) is 1. The smallest absolute Gasteiger partial charge is 0.319 e. The summed E-state index contributed by atoms with van der Waals surface area (Å²) in [7, 11) is 0. The molecule has 3 rings (SSSR count). The molecule has 2 aliphatic heterocycles. The molecule has 0 aromatic rings. The van der Waals surface area contributed by atoms with E-state index in [2.05, 4.69) is 5.32 Å². The average molecular weight is 280 g/mol. The van der Waals surface area contributed by atoms with Gasteiger partial charge in [-0.3, -0.25) is 14.4 Å². The summed E-state index contributed by atoms with van der Waals surface area (Å²) in [6, 6.07) is 0. The molecule has 3 aliphatic rings. The van der Waals surface area contributed by atoms with Crippen LogP contribution in [-0.2, 0) is 14.4 Å². The number of aliphatic carboxylic acids is 1. The fraction of sp³-hybridized carbons (Fsp3) is 0.786. The van der Waals surface area contributed by atoms with Crippen LogP contribution >= 0.6 is 0 Å². The number of nitrogens with zero attached hydrogens (tertiary/aromatic N) is 1. The number of carboxylic acids is 1. The molecule has 20 heavy (non-hydrogen) atoms. The third kappa shape index (κ3) is 1.89. The maximum Gasteiger partial charge on any atom is 0.319 e. The van der Waals surface area contributed by atoms with Crippen molar-refractivity contribution < 1.29 is 19.5 Å². The quantitative estimate of drug-likeness (QED) is 0.722. The summed E-state index contributed by atoms with van der Waals surface area (Å²) in [5.74, 6) is -1.20. The van der Waals surface area contributed by atoms with Crippen molar-refractivity contribution in [2.24, 2.45) is 5.41 Å². The Labute approximate surface area is 117 Å². The van der Waals surface area contributed by atoms with Crippen LogP contribution in [0, 0.1) is 5.41 Å². The number of rotatable bonds is 2. The van der Waals surface area contributed by atoms with Gasteiger partial charge in [-0.25, -0.2) is 0 Å². The lowest BCUT2D eigenvalue weighted by Gasteiger charge is -2.30. The number of carboxylic acid groups (broad SMARTS) is 1. The molecule has 3 fully saturated rings. The highest BCUT2D eigenvalue weighted by molar-refractivity contribution is 6.02. The minimum atomic E-state index is -1.21. The number of amides is 2. The Kier molecular flexibility index (Phi) is 2.99. The van der Waals surface area contributed by atoms with E-state index in [0.717, 1.165) is 25.7 Å². The van der Waals surface area contributed by atoms with E-state index >= 15 is 0 Å². The molecule has 0 bridgehead atoms. The van der Waals surface area contributed by atoms with Crippen LogP contribution in [-0.4, -0.2) is 46.4 Å². The molecule has 1 unspecified atom stereocenters. The second-order valence-electron chi connectivity index (χ2n) is 6.40. The molecule has 1 saturated carbocycles. The summed E-state index contributed by atoms with van der Waals surface area (Å²) in [4.78, 5) is 37.3. The Morgan fingerprint density at radius 1 is 1.15 bits per heavy atom. The van der Waals surface area contributed by atoms with Gasteiger partial charge in [-0.05, 0) is 25.7 Å². The van der Waals surface area contributed by atoms with Crippen LogP contribution < -0.4 is 5.32 Å². The second kappa shape index (κ2) is 4.46. The van der Waals surface area contributed by atoms with Crippen molar-refractivity contribution in [2.75, 3.05) is 13.1 Å². The summed E-state index contributed by atoms with van der Waals surface area (Å²) in [5, 5.41) is 12.4. The molecule has 2 amide bonds. The second-order valence-corrected chi connectivity index (χ2v) is 6.40. The Balaban J connectivity index is 1.75. The van der Waals surface area contributed by atoms with Crippen LogP contribution in [0.3, 0.4) is 0 Å². The van der Waals surface area contributed by atoms with E-state index in [0.29, 0.717) is 32.4 Å². The molecular formula is C14H20N2O4. The van der Waals surface area contributed by atoms with Gasteiger partial charge in [-0.1, -0.05) is 12.8 Å². The lowest BCUT2D eigenvalue weighted by atomic mass is 9.84. The Morgan fingerprint density at radius 2 is 1.85 bits per heavy atom. The summed E-state index contributed by atoms with van der Waals surface area (Å²) in [5.41, 5.74) is -1.51. The fourth-order valence-corrected chi connectivity index (χ4v) is 3.93. The van der Waals surface area contributed by atoms with Gasteiger partial charge in [-0.15, -0.1) is 0 Å². The Hall–Kier alpha value is -1.59. The summed E-state index contributed by atoms with van der Waals surface area (Å²) in [6.45, 7) is 1.01. The predicted octanol–water partition coefficient (Wildman–Crippen LogP) is 0.512. The van der Waals surface area contributed by atoms with Crippen molar-refractivity contribution in [3.63, 3.8) is 0 Å². The van der Waals surface area contributed by atoms with E-state index < -0.39 is 11.4 Å². The number of carbonyl (C=O) groups excluding carboxylic acids is 2. The van der Waals surface area contributed by atoms with Gasteiger partial charge in [0.25, 0.3) is 0 Å². The van der Waals surface area contributed by atoms with Crippen molar-refractivity contribution in [1.82, 2.24) is 10.2 Å². The highest BCUT2D eigenvalue weighted by Crippen LogP contribution is 2.42. The maximum absolute atomic E-state index is 12.7. The van der Waals surface area contributed by atoms with Crippen LogP contribution in [0.4, 0.5) is 0 Å². The zero-order chi connectivity index (χ0) is 14.4. The first-order chi connectivity index (χ1) is 9.47. The number of hydrogen-bond acceptors (Lipinski definition) is 3. The van der Waals surface area contributed by atoms with Crippen LogP contribution in [0.5, 0.6) is 0 Å². The van der Waals surface area contributed by atoms with E-state index in [4.69, 9.17) is 0 Å². The van der Waals surface area contributed by atoms with Crippen molar-refractivity contribution in [3.05, 3.63) is 0 Å². The Morgan fingerprint density at radius 3 is 2.40 bits per heavy atom. The van der Waals surface area contributed by atoms with Crippen molar-refractivity contribution in [3.8, 4) is 0 Å². The minimum Gasteiger partial charge on any atom is -0.480 e. The SMILES string of the molecule is O=C1CCC2(CCN(C(=O)C3(C(=O)O)CCCC3)C2)N1. The molecule has 2 heterocycles. The fourth-order valence-electron chi connectivity index (χ4n) is 3.93. The van der Waals surface area contributed by atoms with Crippen molar-refractivity contribution >= 4 is 17.8 Å². The highest BCUT2D eigenvalue weighted by atomic mass is 16.4.